The van der Waals surface area contributed by atoms with E-state index in [1.54, 1.807) is 20.8 Å². The normalized spacial score (nSPS) is 17.8. The summed E-state index contributed by atoms with van der Waals surface area (Å²) < 4.78 is 10.9. The Bertz CT molecular complexity index is 605. The number of carboxylic acid groups (broad SMARTS) is 1. The first kappa shape index (κ1) is 17.1. The average molecular weight is 321 g/mol. The Morgan fingerprint density at radius 3 is 2.74 bits per heavy atom. The predicted octanol–water partition coefficient (Wildman–Crippen LogP) is 2.67. The summed E-state index contributed by atoms with van der Waals surface area (Å²) in [4.78, 5) is 23.2. The summed E-state index contributed by atoms with van der Waals surface area (Å²) in [5.74, 6) is -0.325. The van der Waals surface area contributed by atoms with Crippen molar-refractivity contribution in [1.82, 2.24) is 5.32 Å². The quantitative estimate of drug-likeness (QED) is 0.890. The Hall–Kier alpha value is -2.24. The van der Waals surface area contributed by atoms with E-state index in [-0.39, 0.29) is 12.5 Å². The zero-order chi connectivity index (χ0) is 17.2. The van der Waals surface area contributed by atoms with E-state index in [1.165, 1.54) is 0 Å². The lowest BCUT2D eigenvalue weighted by atomic mass is 10.0. The van der Waals surface area contributed by atoms with Gasteiger partial charge in [0.25, 0.3) is 0 Å². The van der Waals surface area contributed by atoms with Gasteiger partial charge in [0.15, 0.2) is 0 Å². The van der Waals surface area contributed by atoms with Crippen LogP contribution in [0.15, 0.2) is 18.2 Å². The van der Waals surface area contributed by atoms with E-state index in [2.05, 4.69) is 5.32 Å². The molecule has 6 nitrogen and oxygen atoms in total. The summed E-state index contributed by atoms with van der Waals surface area (Å²) >= 11 is 0. The second kappa shape index (κ2) is 6.48. The summed E-state index contributed by atoms with van der Waals surface area (Å²) in [7, 11) is 0. The van der Waals surface area contributed by atoms with Gasteiger partial charge in [-0.3, -0.25) is 0 Å². The van der Waals surface area contributed by atoms with E-state index < -0.39 is 23.7 Å². The molecular weight excluding hydrogens is 298 g/mol. The zero-order valence-corrected chi connectivity index (χ0v) is 13.9. The maximum absolute atomic E-state index is 11.8. The Kier molecular flexibility index (Phi) is 4.82. The Morgan fingerprint density at radius 2 is 2.13 bits per heavy atom. The van der Waals surface area contributed by atoms with E-state index in [0.29, 0.717) is 6.42 Å². The second-order valence-corrected chi connectivity index (χ2v) is 6.83. The second-order valence-electron chi connectivity index (χ2n) is 6.83. The van der Waals surface area contributed by atoms with Gasteiger partial charge in [-0.1, -0.05) is 17.7 Å². The molecule has 23 heavy (non-hydrogen) atoms. The van der Waals surface area contributed by atoms with E-state index >= 15 is 0 Å². The molecule has 2 atom stereocenters. The number of ether oxygens (including phenoxy) is 2. The number of alkyl carbamates (subject to hydrolysis) is 1. The molecule has 0 aliphatic carbocycles. The first-order valence-corrected chi connectivity index (χ1v) is 7.62. The minimum Gasteiger partial charge on any atom is -0.490 e. The van der Waals surface area contributed by atoms with E-state index in [9.17, 15) is 14.7 Å². The Morgan fingerprint density at radius 1 is 1.43 bits per heavy atom. The van der Waals surface area contributed by atoms with Gasteiger partial charge in [0.05, 0.1) is 0 Å². The molecule has 6 heteroatoms. The van der Waals surface area contributed by atoms with Crippen molar-refractivity contribution in [1.29, 1.82) is 0 Å². The number of aliphatic carboxylic acids is 1. The molecule has 0 saturated carbocycles. The molecule has 1 aliphatic heterocycles. The molecule has 0 spiro atoms. The highest BCUT2D eigenvalue weighted by Crippen LogP contribution is 2.31. The molecule has 1 aromatic rings. The maximum atomic E-state index is 11.8. The molecule has 1 aromatic carbocycles. The third-order valence-corrected chi connectivity index (χ3v) is 3.44. The van der Waals surface area contributed by atoms with Crippen molar-refractivity contribution in [2.45, 2.75) is 58.3 Å². The molecule has 0 aromatic heterocycles. The fraction of sp³-hybridized carbons (Fsp3) is 0.529. The summed E-state index contributed by atoms with van der Waals surface area (Å²) in [6, 6.07) is 4.83. The topological polar surface area (TPSA) is 84.9 Å². The van der Waals surface area contributed by atoms with Gasteiger partial charge in [0, 0.05) is 12.8 Å². The van der Waals surface area contributed by atoms with Crippen LogP contribution in [0.1, 0.15) is 38.3 Å². The number of hydrogen-bond donors (Lipinski definition) is 2. The van der Waals surface area contributed by atoms with Crippen LogP contribution in [0.5, 0.6) is 5.75 Å². The van der Waals surface area contributed by atoms with Crippen LogP contribution in [-0.4, -0.2) is 34.9 Å². The lowest BCUT2D eigenvalue weighted by Gasteiger charge is -2.23. The van der Waals surface area contributed by atoms with Crippen LogP contribution in [0.3, 0.4) is 0 Å². The van der Waals surface area contributed by atoms with Crippen LogP contribution >= 0.6 is 0 Å². The number of aryl methyl sites for hydroxylation is 1. The van der Waals surface area contributed by atoms with Gasteiger partial charge in [-0.25, -0.2) is 9.59 Å². The van der Waals surface area contributed by atoms with Gasteiger partial charge >= 0.3 is 12.1 Å². The lowest BCUT2D eigenvalue weighted by molar-refractivity contribution is -0.140. The van der Waals surface area contributed by atoms with Crippen molar-refractivity contribution >= 4 is 12.1 Å². The van der Waals surface area contributed by atoms with Crippen LogP contribution in [0.2, 0.25) is 0 Å². The fourth-order valence-electron chi connectivity index (χ4n) is 2.51. The van der Waals surface area contributed by atoms with Crippen molar-refractivity contribution in [3.8, 4) is 5.75 Å². The molecule has 0 bridgehead atoms. The summed E-state index contributed by atoms with van der Waals surface area (Å²) in [5.41, 5.74) is 1.52. The minimum atomic E-state index is -1.11. The highest BCUT2D eigenvalue weighted by Gasteiger charge is 2.31. The third kappa shape index (κ3) is 4.87. The number of benzene rings is 1. The molecule has 0 radical (unpaired) electrons. The first-order valence-electron chi connectivity index (χ1n) is 7.62. The third-order valence-electron chi connectivity index (χ3n) is 3.44. The standard InChI is InChI=1S/C17H23NO5/c1-10-5-6-14-11(7-10)8-12(22-14)9-13(15(19)20)18-16(21)23-17(2,3)4/h5-7,12-13H,8-9H2,1-4H3,(H,18,21)(H,19,20). The molecule has 126 valence electrons. The van der Waals surface area contributed by atoms with Crippen LogP contribution in [0, 0.1) is 6.92 Å². The van der Waals surface area contributed by atoms with E-state index in [1.807, 2.05) is 25.1 Å². The van der Waals surface area contributed by atoms with Crippen LogP contribution < -0.4 is 10.1 Å². The Labute approximate surface area is 135 Å². The van der Waals surface area contributed by atoms with Gasteiger partial charge < -0.3 is 19.9 Å². The van der Waals surface area contributed by atoms with Crippen molar-refractivity contribution in [3.63, 3.8) is 0 Å². The predicted molar refractivity (Wildman–Crippen MR) is 84.7 cm³/mol. The number of amides is 1. The monoisotopic (exact) mass is 321 g/mol. The number of nitrogens with one attached hydrogen (secondary N) is 1. The molecule has 2 rings (SSSR count). The smallest absolute Gasteiger partial charge is 0.408 e. The minimum absolute atomic E-state index is 0.183. The first-order chi connectivity index (χ1) is 10.6. The van der Waals surface area contributed by atoms with Crippen molar-refractivity contribution in [2.24, 2.45) is 0 Å². The van der Waals surface area contributed by atoms with Gasteiger partial charge in [0.1, 0.15) is 23.5 Å². The van der Waals surface area contributed by atoms with Gasteiger partial charge in [0.2, 0.25) is 0 Å². The largest absolute Gasteiger partial charge is 0.490 e. The fourth-order valence-corrected chi connectivity index (χ4v) is 2.51. The number of hydrogen-bond acceptors (Lipinski definition) is 4. The number of carbonyl (C=O) groups excluding carboxylic acids is 1. The number of rotatable bonds is 4. The highest BCUT2D eigenvalue weighted by molar-refractivity contribution is 5.80. The molecular formula is C17H23NO5. The van der Waals surface area contributed by atoms with E-state index in [4.69, 9.17) is 9.47 Å². The SMILES string of the molecule is Cc1ccc2c(c1)CC(CC(NC(=O)OC(C)(C)C)C(=O)O)O2. The van der Waals surface area contributed by atoms with Crippen LogP contribution in [0.4, 0.5) is 4.79 Å². The maximum Gasteiger partial charge on any atom is 0.408 e. The lowest BCUT2D eigenvalue weighted by Crippen LogP contribution is -2.45. The van der Waals surface area contributed by atoms with Crippen LogP contribution in [0.25, 0.3) is 0 Å². The van der Waals surface area contributed by atoms with Gasteiger partial charge in [-0.05, 0) is 39.3 Å². The average Bonchev–Trinajstić information content (AvgIpc) is 2.76. The molecule has 0 fully saturated rings. The van der Waals surface area contributed by atoms with E-state index in [0.717, 1.165) is 16.9 Å². The molecule has 2 N–H and O–H groups in total. The van der Waals surface area contributed by atoms with Crippen molar-refractivity contribution in [2.75, 3.05) is 0 Å². The summed E-state index contributed by atoms with van der Waals surface area (Å²) in [6.45, 7) is 7.17. The Balaban J connectivity index is 1.96. The highest BCUT2D eigenvalue weighted by atomic mass is 16.6. The van der Waals surface area contributed by atoms with Crippen molar-refractivity contribution < 1.29 is 24.2 Å². The molecule has 1 amide bonds. The molecule has 1 heterocycles. The van der Waals surface area contributed by atoms with Gasteiger partial charge in [-0.15, -0.1) is 0 Å². The number of fused-ring (bicyclic) bond motifs is 1. The number of carboxylic acids is 1. The summed E-state index contributed by atoms with van der Waals surface area (Å²) in [5, 5.41) is 11.7. The molecule has 2 unspecified atom stereocenters. The zero-order valence-electron chi connectivity index (χ0n) is 13.9. The van der Waals surface area contributed by atoms with Crippen molar-refractivity contribution in [3.05, 3.63) is 29.3 Å². The molecule has 1 aliphatic rings. The van der Waals surface area contributed by atoms with Crippen LogP contribution in [-0.2, 0) is 16.0 Å². The summed E-state index contributed by atoms with van der Waals surface area (Å²) in [6.07, 6.45) is -0.196. The number of carbonyl (C=O) groups is 2. The molecule has 0 saturated heterocycles. The van der Waals surface area contributed by atoms with Gasteiger partial charge in [-0.2, -0.15) is 0 Å².